The monoisotopic (exact) mass is 328 g/mol. The van der Waals surface area contributed by atoms with E-state index in [0.717, 1.165) is 38.3 Å². The Morgan fingerprint density at radius 2 is 1.65 bits per heavy atom. The highest BCUT2D eigenvalue weighted by Gasteiger charge is 2.15. The van der Waals surface area contributed by atoms with Crippen molar-refractivity contribution in [3.63, 3.8) is 0 Å². The topological polar surface area (TPSA) is 23.6 Å². The van der Waals surface area contributed by atoms with Gasteiger partial charge in [-0.1, -0.05) is 41.9 Å². The Morgan fingerprint density at radius 1 is 1.00 bits per heavy atom. The summed E-state index contributed by atoms with van der Waals surface area (Å²) in [5.74, 6) is 0.0210. The first-order valence-corrected chi connectivity index (χ1v) is 8.30. The Hall–Kier alpha value is -1.68. The van der Waals surface area contributed by atoms with Crippen LogP contribution in [-0.4, -0.2) is 48.8 Å². The number of carbonyl (C=O) groups is 1. The van der Waals surface area contributed by atoms with Gasteiger partial charge in [-0.2, -0.15) is 0 Å². The van der Waals surface area contributed by atoms with Crippen molar-refractivity contribution in [3.8, 4) is 0 Å². The van der Waals surface area contributed by atoms with Crippen molar-refractivity contribution in [3.05, 3.63) is 70.2 Å². The van der Waals surface area contributed by atoms with Crippen LogP contribution in [0.1, 0.15) is 21.5 Å². The molecule has 0 atom stereocenters. The predicted octanol–water partition coefficient (Wildman–Crippen LogP) is 3.32. The van der Waals surface area contributed by atoms with Crippen molar-refractivity contribution >= 4 is 17.4 Å². The third kappa shape index (κ3) is 4.20. The fraction of sp³-hybridized carbons (Fsp3) is 0.316. The van der Waals surface area contributed by atoms with E-state index in [9.17, 15) is 4.79 Å². The van der Waals surface area contributed by atoms with E-state index in [0.29, 0.717) is 10.6 Å². The molecule has 120 valence electrons. The minimum absolute atomic E-state index is 0.0210. The summed E-state index contributed by atoms with van der Waals surface area (Å²) in [6.07, 6.45) is 0. The maximum Gasteiger partial charge on any atom is 0.193 e. The summed E-state index contributed by atoms with van der Waals surface area (Å²) in [6, 6.07) is 15.0. The number of hydrogen-bond donors (Lipinski definition) is 0. The maximum absolute atomic E-state index is 12.6. The van der Waals surface area contributed by atoms with E-state index in [2.05, 4.69) is 22.9 Å². The lowest BCUT2D eigenvalue weighted by Gasteiger charge is -2.32. The molecule has 23 heavy (non-hydrogen) atoms. The number of benzene rings is 2. The van der Waals surface area contributed by atoms with Crippen LogP contribution in [0, 0.1) is 0 Å². The standard InChI is InChI=1S/C19H21ClN2O/c1-21-8-10-22(11-9-21)14-15-4-2-5-16(12-15)19(23)17-6-3-7-18(20)13-17/h2-7,12-13H,8-11,14H2,1H3. The Labute approximate surface area is 142 Å². The van der Waals surface area contributed by atoms with Crippen LogP contribution in [0.15, 0.2) is 48.5 Å². The van der Waals surface area contributed by atoms with Crippen LogP contribution in [0.25, 0.3) is 0 Å². The summed E-state index contributed by atoms with van der Waals surface area (Å²) < 4.78 is 0. The smallest absolute Gasteiger partial charge is 0.193 e. The zero-order chi connectivity index (χ0) is 16.2. The van der Waals surface area contributed by atoms with Gasteiger partial charge in [-0.25, -0.2) is 0 Å². The van der Waals surface area contributed by atoms with Crippen LogP contribution in [0.4, 0.5) is 0 Å². The molecule has 1 fully saturated rings. The van der Waals surface area contributed by atoms with E-state index in [1.54, 1.807) is 18.2 Å². The summed E-state index contributed by atoms with van der Waals surface area (Å²) in [7, 11) is 2.15. The first kappa shape index (κ1) is 16.2. The fourth-order valence-corrected chi connectivity index (χ4v) is 3.06. The first-order valence-electron chi connectivity index (χ1n) is 7.92. The molecule has 1 aliphatic heterocycles. The number of halogens is 1. The molecule has 0 spiro atoms. The van der Waals surface area contributed by atoms with Gasteiger partial charge in [-0.3, -0.25) is 9.69 Å². The zero-order valence-corrected chi connectivity index (χ0v) is 14.1. The van der Waals surface area contributed by atoms with E-state index in [1.807, 2.05) is 24.3 Å². The van der Waals surface area contributed by atoms with Gasteiger partial charge in [0.15, 0.2) is 5.78 Å². The molecule has 2 aromatic carbocycles. The van der Waals surface area contributed by atoms with Crippen molar-refractivity contribution in [2.24, 2.45) is 0 Å². The largest absolute Gasteiger partial charge is 0.304 e. The Bertz CT molecular complexity index is 693. The lowest BCUT2D eigenvalue weighted by molar-refractivity contribution is 0.103. The molecule has 0 radical (unpaired) electrons. The molecule has 1 heterocycles. The average molecular weight is 329 g/mol. The second kappa shape index (κ2) is 7.26. The summed E-state index contributed by atoms with van der Waals surface area (Å²) in [4.78, 5) is 17.4. The second-order valence-corrected chi connectivity index (χ2v) is 6.56. The molecule has 0 bridgehead atoms. The second-order valence-electron chi connectivity index (χ2n) is 6.12. The molecule has 1 aliphatic rings. The molecule has 4 heteroatoms. The molecule has 0 amide bonds. The molecule has 0 aliphatic carbocycles. The summed E-state index contributed by atoms with van der Waals surface area (Å²) in [5, 5.41) is 0.587. The van der Waals surface area contributed by atoms with Gasteiger partial charge in [-0.15, -0.1) is 0 Å². The van der Waals surface area contributed by atoms with Crippen molar-refractivity contribution in [2.45, 2.75) is 6.54 Å². The zero-order valence-electron chi connectivity index (χ0n) is 13.3. The molecule has 0 saturated carbocycles. The van der Waals surface area contributed by atoms with Crippen LogP contribution in [0.3, 0.4) is 0 Å². The van der Waals surface area contributed by atoms with Gasteiger partial charge in [0.25, 0.3) is 0 Å². The highest BCUT2D eigenvalue weighted by atomic mass is 35.5. The summed E-state index contributed by atoms with van der Waals surface area (Å²) in [5.41, 5.74) is 2.54. The van der Waals surface area contributed by atoms with Gasteiger partial charge in [0.1, 0.15) is 0 Å². The number of hydrogen-bond acceptors (Lipinski definition) is 3. The Balaban J connectivity index is 1.73. The van der Waals surface area contributed by atoms with Gasteiger partial charge in [0.2, 0.25) is 0 Å². The van der Waals surface area contributed by atoms with Crippen LogP contribution < -0.4 is 0 Å². The lowest BCUT2D eigenvalue weighted by Crippen LogP contribution is -2.43. The molecule has 0 unspecified atom stereocenters. The number of carbonyl (C=O) groups excluding carboxylic acids is 1. The van der Waals surface area contributed by atoms with Crippen LogP contribution in [-0.2, 0) is 6.54 Å². The summed E-state index contributed by atoms with van der Waals surface area (Å²) in [6.45, 7) is 5.23. The predicted molar refractivity (Wildman–Crippen MR) is 94.1 cm³/mol. The van der Waals surface area contributed by atoms with Crippen molar-refractivity contribution in [1.29, 1.82) is 0 Å². The van der Waals surface area contributed by atoms with E-state index in [1.165, 1.54) is 5.56 Å². The third-order valence-electron chi connectivity index (χ3n) is 4.28. The molecule has 2 aromatic rings. The number of likely N-dealkylation sites (N-methyl/N-ethyl adjacent to an activating group) is 1. The van der Waals surface area contributed by atoms with Gasteiger partial charge < -0.3 is 4.90 Å². The highest BCUT2D eigenvalue weighted by molar-refractivity contribution is 6.31. The molecular formula is C19H21ClN2O. The fourth-order valence-electron chi connectivity index (χ4n) is 2.87. The van der Waals surface area contributed by atoms with Gasteiger partial charge in [0.05, 0.1) is 0 Å². The van der Waals surface area contributed by atoms with Crippen molar-refractivity contribution < 1.29 is 4.79 Å². The normalized spacial score (nSPS) is 16.4. The van der Waals surface area contributed by atoms with E-state index < -0.39 is 0 Å². The van der Waals surface area contributed by atoms with Gasteiger partial charge in [0, 0.05) is 48.9 Å². The molecular weight excluding hydrogens is 308 g/mol. The Kier molecular flexibility index (Phi) is 5.11. The van der Waals surface area contributed by atoms with E-state index in [-0.39, 0.29) is 5.78 Å². The lowest BCUT2D eigenvalue weighted by atomic mass is 10.0. The molecule has 0 N–H and O–H groups in total. The third-order valence-corrected chi connectivity index (χ3v) is 4.51. The number of piperazine rings is 1. The maximum atomic E-state index is 12.6. The quantitative estimate of drug-likeness (QED) is 0.804. The van der Waals surface area contributed by atoms with Gasteiger partial charge in [-0.05, 0) is 30.8 Å². The number of ketones is 1. The first-order chi connectivity index (χ1) is 11.1. The van der Waals surface area contributed by atoms with Crippen LogP contribution >= 0.6 is 11.6 Å². The summed E-state index contributed by atoms with van der Waals surface area (Å²) >= 11 is 5.99. The van der Waals surface area contributed by atoms with Crippen molar-refractivity contribution in [2.75, 3.05) is 33.2 Å². The van der Waals surface area contributed by atoms with Gasteiger partial charge >= 0.3 is 0 Å². The number of rotatable bonds is 4. The molecule has 0 aromatic heterocycles. The molecule has 1 saturated heterocycles. The average Bonchev–Trinajstić information content (AvgIpc) is 2.56. The van der Waals surface area contributed by atoms with E-state index in [4.69, 9.17) is 11.6 Å². The molecule has 3 nitrogen and oxygen atoms in total. The minimum atomic E-state index is 0.0210. The van der Waals surface area contributed by atoms with Crippen LogP contribution in [0.2, 0.25) is 5.02 Å². The van der Waals surface area contributed by atoms with Crippen molar-refractivity contribution in [1.82, 2.24) is 9.80 Å². The number of nitrogens with zero attached hydrogens (tertiary/aromatic N) is 2. The Morgan fingerprint density at radius 3 is 2.35 bits per heavy atom. The van der Waals surface area contributed by atoms with Crippen LogP contribution in [0.5, 0.6) is 0 Å². The SMILES string of the molecule is CN1CCN(Cc2cccc(C(=O)c3cccc(Cl)c3)c2)CC1. The minimum Gasteiger partial charge on any atom is -0.304 e. The highest BCUT2D eigenvalue weighted by Crippen LogP contribution is 2.17. The van der Waals surface area contributed by atoms with E-state index >= 15 is 0 Å². The molecule has 3 rings (SSSR count).